The highest BCUT2D eigenvalue weighted by Gasteiger charge is 2.25. The van der Waals surface area contributed by atoms with Gasteiger partial charge in [-0.2, -0.15) is 0 Å². The van der Waals surface area contributed by atoms with Crippen molar-refractivity contribution in [3.05, 3.63) is 29.3 Å². The molecule has 1 unspecified atom stereocenters. The third-order valence-corrected chi connectivity index (χ3v) is 2.71. The summed E-state index contributed by atoms with van der Waals surface area (Å²) in [4.78, 5) is 0. The maximum absolute atomic E-state index is 12.5. The van der Waals surface area contributed by atoms with Gasteiger partial charge in [0.05, 0.1) is 13.2 Å². The van der Waals surface area contributed by atoms with Crippen LogP contribution in [0.25, 0.3) is 0 Å². The van der Waals surface area contributed by atoms with E-state index in [1.165, 1.54) is 0 Å². The minimum absolute atomic E-state index is 0.365. The van der Waals surface area contributed by atoms with E-state index in [-0.39, 0.29) is 0 Å². The highest BCUT2D eigenvalue weighted by atomic mass is 19.3. The summed E-state index contributed by atoms with van der Waals surface area (Å²) in [5.41, 5.74) is 2.03. The van der Waals surface area contributed by atoms with E-state index in [1.54, 1.807) is 7.11 Å². The van der Waals surface area contributed by atoms with Gasteiger partial charge in [0, 0.05) is 6.54 Å². The molecule has 2 nitrogen and oxygen atoms in total. The second-order valence-electron chi connectivity index (χ2n) is 3.66. The van der Waals surface area contributed by atoms with Gasteiger partial charge in [-0.3, -0.25) is 0 Å². The summed E-state index contributed by atoms with van der Waals surface area (Å²) in [6, 6.07) is 4.88. The van der Waals surface area contributed by atoms with E-state index >= 15 is 0 Å². The quantitative estimate of drug-likeness (QED) is 0.811. The largest absolute Gasteiger partial charge is 0.497 e. The number of hydrogen-bond donors (Lipinski definition) is 1. The van der Waals surface area contributed by atoms with Crippen molar-refractivity contribution < 1.29 is 13.5 Å². The van der Waals surface area contributed by atoms with E-state index in [9.17, 15) is 8.78 Å². The van der Waals surface area contributed by atoms with Gasteiger partial charge in [-0.05, 0) is 29.7 Å². The summed E-state index contributed by atoms with van der Waals surface area (Å²) in [5.74, 6) is 0.726. The number of hydrogen-bond acceptors (Lipinski definition) is 2. The van der Waals surface area contributed by atoms with Crippen LogP contribution in [0.15, 0.2) is 18.2 Å². The zero-order valence-electron chi connectivity index (χ0n) is 8.47. The molecule has 1 aromatic carbocycles. The average molecular weight is 213 g/mol. The number of fused-ring (bicyclic) bond motifs is 1. The molecule has 0 amide bonds. The maximum atomic E-state index is 12.5. The van der Waals surface area contributed by atoms with Crippen molar-refractivity contribution in [2.45, 2.75) is 25.4 Å². The van der Waals surface area contributed by atoms with Crippen molar-refractivity contribution in [3.8, 4) is 5.75 Å². The van der Waals surface area contributed by atoms with Gasteiger partial charge in [0.2, 0.25) is 0 Å². The van der Waals surface area contributed by atoms with Gasteiger partial charge in [0.25, 0.3) is 6.43 Å². The fourth-order valence-corrected chi connectivity index (χ4v) is 1.82. The van der Waals surface area contributed by atoms with E-state index in [4.69, 9.17) is 4.74 Å². The molecule has 82 valence electrons. The molecule has 1 N–H and O–H groups in total. The molecular formula is C11H13F2NO. The Hall–Kier alpha value is -1.16. The number of nitrogens with one attached hydrogen (secondary N) is 1. The molecule has 0 spiro atoms. The van der Waals surface area contributed by atoms with Crippen LogP contribution in [0, 0.1) is 0 Å². The number of rotatable bonds is 2. The minimum atomic E-state index is -2.32. The number of methoxy groups -OCH3 is 1. The molecule has 2 rings (SSSR count). The van der Waals surface area contributed by atoms with Crippen molar-refractivity contribution >= 4 is 0 Å². The van der Waals surface area contributed by atoms with Crippen LogP contribution in [0.3, 0.4) is 0 Å². The fourth-order valence-electron chi connectivity index (χ4n) is 1.82. The highest BCUT2D eigenvalue weighted by molar-refractivity contribution is 5.37. The number of ether oxygens (including phenoxy) is 1. The van der Waals surface area contributed by atoms with Crippen molar-refractivity contribution in [2.75, 3.05) is 7.11 Å². The highest BCUT2D eigenvalue weighted by Crippen LogP contribution is 2.24. The Morgan fingerprint density at radius 1 is 1.40 bits per heavy atom. The average Bonchev–Trinajstić information content (AvgIpc) is 2.27. The van der Waals surface area contributed by atoms with Crippen molar-refractivity contribution in [3.63, 3.8) is 0 Å². The normalized spacial score (nSPS) is 20.1. The molecule has 0 bridgehead atoms. The Labute approximate surface area is 87.2 Å². The molecular weight excluding hydrogens is 200 g/mol. The number of alkyl halides is 2. The molecule has 1 aliphatic heterocycles. The van der Waals surface area contributed by atoms with Crippen LogP contribution in [0.4, 0.5) is 8.78 Å². The first-order valence-electron chi connectivity index (χ1n) is 4.88. The van der Waals surface area contributed by atoms with E-state index in [0.29, 0.717) is 13.0 Å². The third-order valence-electron chi connectivity index (χ3n) is 2.71. The molecule has 0 saturated carbocycles. The molecule has 1 heterocycles. The molecule has 15 heavy (non-hydrogen) atoms. The van der Waals surface area contributed by atoms with Gasteiger partial charge in [0.1, 0.15) is 5.75 Å². The Kier molecular flexibility index (Phi) is 2.86. The van der Waals surface area contributed by atoms with Crippen LogP contribution in [0.1, 0.15) is 11.1 Å². The summed E-state index contributed by atoms with van der Waals surface area (Å²) in [6.45, 7) is 0.508. The van der Waals surface area contributed by atoms with E-state index < -0.39 is 12.5 Å². The molecule has 0 aliphatic carbocycles. The van der Waals surface area contributed by atoms with Crippen LogP contribution in [0.2, 0.25) is 0 Å². The second-order valence-corrected chi connectivity index (χ2v) is 3.66. The molecule has 1 aromatic rings. The van der Waals surface area contributed by atoms with Crippen LogP contribution in [-0.2, 0) is 13.0 Å². The lowest BCUT2D eigenvalue weighted by atomic mass is 9.96. The van der Waals surface area contributed by atoms with E-state index in [1.807, 2.05) is 18.2 Å². The number of benzene rings is 1. The van der Waals surface area contributed by atoms with Crippen molar-refractivity contribution in [2.24, 2.45) is 0 Å². The SMILES string of the molecule is COc1ccc2c(c1)CC(C(F)F)NC2. The molecule has 0 saturated heterocycles. The van der Waals surface area contributed by atoms with E-state index in [0.717, 1.165) is 16.9 Å². The number of halogens is 2. The van der Waals surface area contributed by atoms with Gasteiger partial charge in [-0.15, -0.1) is 0 Å². The fraction of sp³-hybridized carbons (Fsp3) is 0.455. The third kappa shape index (κ3) is 2.09. The monoisotopic (exact) mass is 213 g/mol. The predicted molar refractivity (Wildman–Crippen MR) is 53.3 cm³/mol. The molecule has 1 aliphatic rings. The smallest absolute Gasteiger partial charge is 0.254 e. The predicted octanol–water partition coefficient (Wildman–Crippen LogP) is 1.97. The van der Waals surface area contributed by atoms with Gasteiger partial charge in [-0.1, -0.05) is 6.07 Å². The molecule has 0 fully saturated rings. The lowest BCUT2D eigenvalue weighted by molar-refractivity contribution is 0.0941. The Morgan fingerprint density at radius 2 is 2.20 bits per heavy atom. The molecule has 4 heteroatoms. The van der Waals surface area contributed by atoms with Gasteiger partial charge in [-0.25, -0.2) is 8.78 Å². The summed E-state index contributed by atoms with van der Waals surface area (Å²) in [7, 11) is 1.58. The van der Waals surface area contributed by atoms with Crippen molar-refractivity contribution in [1.82, 2.24) is 5.32 Å². The molecule has 1 atom stereocenters. The lowest BCUT2D eigenvalue weighted by Gasteiger charge is -2.25. The zero-order valence-corrected chi connectivity index (χ0v) is 8.47. The minimum Gasteiger partial charge on any atom is -0.497 e. The van der Waals surface area contributed by atoms with Gasteiger partial charge >= 0.3 is 0 Å². The Balaban J connectivity index is 2.23. The zero-order chi connectivity index (χ0) is 10.8. The first kappa shape index (κ1) is 10.4. The maximum Gasteiger partial charge on any atom is 0.254 e. The summed E-state index contributed by atoms with van der Waals surface area (Å²) >= 11 is 0. The standard InChI is InChI=1S/C11H13F2NO/c1-15-9-3-2-7-6-14-10(11(12)13)5-8(7)4-9/h2-4,10-11,14H,5-6H2,1H3. The lowest BCUT2D eigenvalue weighted by Crippen LogP contribution is -2.40. The summed E-state index contributed by atoms with van der Waals surface area (Å²) in [5, 5.41) is 2.82. The molecule has 0 aromatic heterocycles. The first-order valence-corrected chi connectivity index (χ1v) is 4.88. The summed E-state index contributed by atoms with van der Waals surface area (Å²) in [6.07, 6.45) is -1.95. The van der Waals surface area contributed by atoms with E-state index in [2.05, 4.69) is 5.32 Å². The van der Waals surface area contributed by atoms with Crippen LogP contribution in [0.5, 0.6) is 5.75 Å². The second kappa shape index (κ2) is 4.14. The van der Waals surface area contributed by atoms with Gasteiger partial charge in [0.15, 0.2) is 0 Å². The molecule has 0 radical (unpaired) electrons. The topological polar surface area (TPSA) is 21.3 Å². The van der Waals surface area contributed by atoms with Gasteiger partial charge < -0.3 is 10.1 Å². The first-order chi connectivity index (χ1) is 7.20. The van der Waals surface area contributed by atoms with Crippen LogP contribution in [-0.4, -0.2) is 19.6 Å². The van der Waals surface area contributed by atoms with Crippen LogP contribution < -0.4 is 10.1 Å². The van der Waals surface area contributed by atoms with Crippen LogP contribution >= 0.6 is 0 Å². The summed E-state index contributed by atoms with van der Waals surface area (Å²) < 4.78 is 30.1. The Morgan fingerprint density at radius 3 is 2.87 bits per heavy atom. The van der Waals surface area contributed by atoms with Crippen molar-refractivity contribution in [1.29, 1.82) is 0 Å². The Bertz CT molecular complexity index is 354.